The summed E-state index contributed by atoms with van der Waals surface area (Å²) in [5, 5.41) is 22.7. The van der Waals surface area contributed by atoms with Gasteiger partial charge < -0.3 is 15.2 Å². The monoisotopic (exact) mass is 307 g/mol. The maximum Gasteiger partial charge on any atom is 0.320 e. The van der Waals surface area contributed by atoms with Gasteiger partial charge in [0.25, 0.3) is 0 Å². The van der Waals surface area contributed by atoms with Gasteiger partial charge in [-0.2, -0.15) is 0 Å². The van der Waals surface area contributed by atoms with Crippen molar-refractivity contribution in [2.24, 2.45) is 5.92 Å². The summed E-state index contributed by atoms with van der Waals surface area (Å²) in [6.07, 6.45) is 0.956. The number of fused-ring (bicyclic) bond motifs is 1. The number of aliphatic hydroxyl groups is 1. The zero-order chi connectivity index (χ0) is 16.3. The summed E-state index contributed by atoms with van der Waals surface area (Å²) in [5.74, 6) is 0.886. The van der Waals surface area contributed by atoms with E-state index in [4.69, 9.17) is 4.74 Å². The third-order valence-electron chi connectivity index (χ3n) is 3.40. The number of aromatic nitrogens is 3. The van der Waals surface area contributed by atoms with E-state index in [0.717, 1.165) is 5.39 Å². The summed E-state index contributed by atoms with van der Waals surface area (Å²) in [6, 6.07) is 0.870. The van der Waals surface area contributed by atoms with E-state index in [2.05, 4.69) is 25.8 Å². The molecule has 0 aromatic carbocycles. The normalized spacial score (nSPS) is 13.9. The number of nitrogens with one attached hydrogen (secondary N) is 3. The molecule has 0 fully saturated rings. The predicted molar refractivity (Wildman–Crippen MR) is 82.9 cm³/mol. The van der Waals surface area contributed by atoms with Crippen molar-refractivity contribution in [3.63, 3.8) is 0 Å². The molecule has 0 unspecified atom stereocenters. The van der Waals surface area contributed by atoms with Crippen LogP contribution in [0.4, 0.5) is 10.6 Å². The van der Waals surface area contributed by atoms with Crippen molar-refractivity contribution in [2.45, 2.75) is 32.9 Å². The number of hydrogen-bond acceptors (Lipinski definition) is 5. The number of carbonyl (C=O) groups excluding carboxylic acids is 1. The van der Waals surface area contributed by atoms with E-state index in [0.29, 0.717) is 17.2 Å². The molecule has 0 saturated heterocycles. The smallest absolute Gasteiger partial charge is 0.320 e. The van der Waals surface area contributed by atoms with Crippen molar-refractivity contribution in [3.05, 3.63) is 12.3 Å². The number of amides is 2. The number of anilines is 1. The van der Waals surface area contributed by atoms with E-state index < -0.39 is 12.1 Å². The van der Waals surface area contributed by atoms with Gasteiger partial charge in [0.1, 0.15) is 5.82 Å². The SMILES string of the molecule is COc1n[nH]c2cc(NC(=O)N[C@@H](C)[C@@H](O)C(C)C)ncc12. The fourth-order valence-electron chi connectivity index (χ4n) is 2.14. The molecular formula is C14H21N5O3. The molecule has 22 heavy (non-hydrogen) atoms. The minimum Gasteiger partial charge on any atom is -0.479 e. The highest BCUT2D eigenvalue weighted by atomic mass is 16.5. The Hall–Kier alpha value is -2.35. The van der Waals surface area contributed by atoms with Gasteiger partial charge in [-0.15, -0.1) is 5.10 Å². The molecule has 2 rings (SSSR count). The van der Waals surface area contributed by atoms with E-state index in [1.807, 2.05) is 13.8 Å². The van der Waals surface area contributed by atoms with Crippen molar-refractivity contribution in [3.8, 4) is 5.88 Å². The Morgan fingerprint density at radius 1 is 1.41 bits per heavy atom. The second-order valence-electron chi connectivity index (χ2n) is 5.47. The maximum atomic E-state index is 11.9. The fourth-order valence-corrected chi connectivity index (χ4v) is 2.14. The lowest BCUT2D eigenvalue weighted by Gasteiger charge is -2.23. The van der Waals surface area contributed by atoms with Crippen LogP contribution in [0.2, 0.25) is 0 Å². The van der Waals surface area contributed by atoms with Crippen LogP contribution >= 0.6 is 0 Å². The van der Waals surface area contributed by atoms with E-state index >= 15 is 0 Å². The van der Waals surface area contributed by atoms with Gasteiger partial charge in [-0.25, -0.2) is 9.78 Å². The molecule has 2 heterocycles. The molecule has 8 nitrogen and oxygen atoms in total. The summed E-state index contributed by atoms with van der Waals surface area (Å²) < 4.78 is 5.08. The average molecular weight is 307 g/mol. The Bertz CT molecular complexity index is 655. The molecule has 0 bridgehead atoms. The Kier molecular flexibility index (Phi) is 4.81. The minimum atomic E-state index is -0.613. The quantitative estimate of drug-likeness (QED) is 0.668. The summed E-state index contributed by atoms with van der Waals surface area (Å²) in [7, 11) is 1.52. The Balaban J connectivity index is 2.02. The van der Waals surface area contributed by atoms with Crippen LogP contribution < -0.4 is 15.4 Å². The first-order valence-electron chi connectivity index (χ1n) is 7.06. The largest absolute Gasteiger partial charge is 0.479 e. The van der Waals surface area contributed by atoms with Gasteiger partial charge in [0.05, 0.1) is 30.2 Å². The maximum absolute atomic E-state index is 11.9. The van der Waals surface area contributed by atoms with Crippen LogP contribution in [0, 0.1) is 5.92 Å². The summed E-state index contributed by atoms with van der Waals surface area (Å²) in [5.41, 5.74) is 0.706. The van der Waals surface area contributed by atoms with Crippen molar-refractivity contribution < 1.29 is 14.6 Å². The van der Waals surface area contributed by atoms with Gasteiger partial charge in [0.2, 0.25) is 5.88 Å². The number of pyridine rings is 1. The number of nitrogens with zero attached hydrogens (tertiary/aromatic N) is 2. The number of aromatic amines is 1. The second-order valence-corrected chi connectivity index (χ2v) is 5.47. The standard InChI is InChI=1S/C14H21N5O3/c1-7(2)12(20)8(3)16-14(21)17-11-5-10-9(6-15-11)13(22-4)19-18-10/h5-8,12,20H,1-4H3,(H,18,19)(H2,15,16,17,21)/t8-,12-/m0/s1. The highest BCUT2D eigenvalue weighted by Crippen LogP contribution is 2.22. The van der Waals surface area contributed by atoms with Gasteiger partial charge in [-0.3, -0.25) is 10.4 Å². The predicted octanol–water partition coefficient (Wildman–Crippen LogP) is 1.49. The molecule has 120 valence electrons. The first-order chi connectivity index (χ1) is 10.4. The molecule has 2 aromatic rings. The number of carbonyl (C=O) groups is 1. The molecule has 0 aliphatic rings. The number of urea groups is 1. The van der Waals surface area contributed by atoms with Crippen LogP contribution in [0.15, 0.2) is 12.3 Å². The van der Waals surface area contributed by atoms with Gasteiger partial charge in [-0.1, -0.05) is 13.8 Å². The lowest BCUT2D eigenvalue weighted by Crippen LogP contribution is -2.45. The van der Waals surface area contributed by atoms with E-state index in [1.165, 1.54) is 7.11 Å². The number of rotatable bonds is 5. The third-order valence-corrected chi connectivity index (χ3v) is 3.40. The molecule has 0 radical (unpaired) electrons. The molecule has 0 aliphatic heterocycles. The molecule has 4 N–H and O–H groups in total. The Morgan fingerprint density at radius 2 is 2.14 bits per heavy atom. The van der Waals surface area contributed by atoms with Crippen LogP contribution in [0.3, 0.4) is 0 Å². The van der Waals surface area contributed by atoms with Crippen LogP contribution in [0.5, 0.6) is 5.88 Å². The summed E-state index contributed by atoms with van der Waals surface area (Å²) in [4.78, 5) is 16.1. The molecular weight excluding hydrogens is 286 g/mol. The van der Waals surface area contributed by atoms with Gasteiger partial charge >= 0.3 is 6.03 Å². The minimum absolute atomic E-state index is 0.0576. The molecule has 2 atom stereocenters. The summed E-state index contributed by atoms with van der Waals surface area (Å²) in [6.45, 7) is 5.53. The second kappa shape index (κ2) is 6.61. The number of hydrogen-bond donors (Lipinski definition) is 4. The Morgan fingerprint density at radius 3 is 2.77 bits per heavy atom. The highest BCUT2D eigenvalue weighted by molar-refractivity contribution is 5.92. The number of aliphatic hydroxyl groups excluding tert-OH is 1. The van der Waals surface area contributed by atoms with E-state index in [-0.39, 0.29) is 12.0 Å². The lowest BCUT2D eigenvalue weighted by molar-refractivity contribution is 0.0935. The zero-order valence-electron chi connectivity index (χ0n) is 13.0. The topological polar surface area (TPSA) is 112 Å². The molecule has 2 aromatic heterocycles. The highest BCUT2D eigenvalue weighted by Gasteiger charge is 2.19. The van der Waals surface area contributed by atoms with Crippen molar-refractivity contribution in [2.75, 3.05) is 12.4 Å². The van der Waals surface area contributed by atoms with Crippen LogP contribution in [-0.4, -0.2) is 45.6 Å². The van der Waals surface area contributed by atoms with Gasteiger partial charge in [0, 0.05) is 12.3 Å². The van der Waals surface area contributed by atoms with Gasteiger partial charge in [-0.05, 0) is 12.8 Å². The van der Waals surface area contributed by atoms with Crippen LogP contribution in [-0.2, 0) is 0 Å². The van der Waals surface area contributed by atoms with Crippen molar-refractivity contribution in [1.29, 1.82) is 0 Å². The van der Waals surface area contributed by atoms with Crippen molar-refractivity contribution >= 4 is 22.8 Å². The first kappa shape index (κ1) is 16.0. The molecule has 0 spiro atoms. The zero-order valence-corrected chi connectivity index (χ0v) is 13.0. The summed E-state index contributed by atoms with van der Waals surface area (Å²) >= 11 is 0. The number of methoxy groups -OCH3 is 1. The molecule has 2 amide bonds. The molecule has 0 saturated carbocycles. The van der Waals surface area contributed by atoms with Gasteiger partial charge in [0.15, 0.2) is 0 Å². The molecule has 0 aliphatic carbocycles. The number of ether oxygens (including phenoxy) is 1. The van der Waals surface area contributed by atoms with Crippen LogP contribution in [0.1, 0.15) is 20.8 Å². The Labute approximate surface area is 128 Å². The van der Waals surface area contributed by atoms with E-state index in [9.17, 15) is 9.90 Å². The first-order valence-corrected chi connectivity index (χ1v) is 7.06. The third kappa shape index (κ3) is 3.45. The average Bonchev–Trinajstić information content (AvgIpc) is 2.88. The van der Waals surface area contributed by atoms with E-state index in [1.54, 1.807) is 19.2 Å². The molecule has 8 heteroatoms. The van der Waals surface area contributed by atoms with Crippen molar-refractivity contribution in [1.82, 2.24) is 20.5 Å². The number of H-pyrrole nitrogens is 1. The van der Waals surface area contributed by atoms with Crippen LogP contribution in [0.25, 0.3) is 10.9 Å². The lowest BCUT2D eigenvalue weighted by atomic mass is 10.0. The fraction of sp³-hybridized carbons (Fsp3) is 0.500.